The Morgan fingerprint density at radius 2 is 2.00 bits per heavy atom. The van der Waals surface area contributed by atoms with Crippen LogP contribution in [0, 0.1) is 0 Å². The summed E-state index contributed by atoms with van der Waals surface area (Å²) < 4.78 is 0. The molecule has 0 spiro atoms. The molecule has 1 atom stereocenters. The molecule has 2 aliphatic rings. The van der Waals surface area contributed by atoms with Crippen LogP contribution in [-0.2, 0) is 0 Å². The molecule has 1 aliphatic carbocycles. The molecule has 0 aromatic carbocycles. The lowest BCUT2D eigenvalue weighted by Crippen LogP contribution is -2.48. The van der Waals surface area contributed by atoms with Crippen molar-refractivity contribution in [2.45, 2.75) is 24.8 Å². The van der Waals surface area contributed by atoms with Crippen molar-refractivity contribution < 1.29 is 5.11 Å². The quantitative estimate of drug-likeness (QED) is 0.691. The molecule has 1 unspecified atom stereocenters. The fraction of sp³-hybridized carbons (Fsp3) is 0.636. The molecule has 2 nitrogen and oxygen atoms in total. The van der Waals surface area contributed by atoms with Gasteiger partial charge in [-0.15, -0.1) is 0 Å². The van der Waals surface area contributed by atoms with E-state index in [0.29, 0.717) is 0 Å². The summed E-state index contributed by atoms with van der Waals surface area (Å²) in [5.74, 6) is 0. The molecule has 0 saturated carbocycles. The number of allylic oxidation sites excluding steroid dienone is 2. The first kappa shape index (κ1) is 8.97. The highest BCUT2D eigenvalue weighted by atomic mass is 16.3. The Morgan fingerprint density at radius 1 is 1.23 bits per heavy atom. The van der Waals surface area contributed by atoms with E-state index >= 15 is 0 Å². The minimum atomic E-state index is -0.0781. The van der Waals surface area contributed by atoms with E-state index in [9.17, 15) is 5.11 Å². The molecule has 0 aromatic heterocycles. The van der Waals surface area contributed by atoms with E-state index in [0.717, 1.165) is 19.5 Å². The fourth-order valence-electron chi connectivity index (χ4n) is 2.27. The Balaban J connectivity index is 2.14. The Morgan fingerprint density at radius 3 is 2.54 bits per heavy atom. The molecule has 0 amide bonds. The molecule has 1 fully saturated rings. The van der Waals surface area contributed by atoms with E-state index < -0.39 is 0 Å². The standard InChI is InChI=1S/C11H17NO/c13-10-11(6-2-1-3-7-11)12-8-4-5-9-12/h1-3,6,13H,4-5,7-10H2. The van der Waals surface area contributed by atoms with Gasteiger partial charge in [0, 0.05) is 0 Å². The van der Waals surface area contributed by atoms with Gasteiger partial charge in [0.1, 0.15) is 0 Å². The van der Waals surface area contributed by atoms with Gasteiger partial charge in [-0.1, -0.05) is 24.3 Å². The highest BCUT2D eigenvalue weighted by molar-refractivity contribution is 5.21. The predicted octanol–water partition coefficient (Wildman–Crippen LogP) is 1.33. The van der Waals surface area contributed by atoms with E-state index in [1.807, 2.05) is 0 Å². The Hall–Kier alpha value is -0.600. The van der Waals surface area contributed by atoms with Gasteiger partial charge in [-0.2, -0.15) is 0 Å². The van der Waals surface area contributed by atoms with Gasteiger partial charge in [0.15, 0.2) is 0 Å². The largest absolute Gasteiger partial charge is 0.394 e. The van der Waals surface area contributed by atoms with Crippen LogP contribution < -0.4 is 0 Å². The molecule has 1 aliphatic heterocycles. The maximum absolute atomic E-state index is 9.48. The zero-order chi connectivity index (χ0) is 9.15. The van der Waals surface area contributed by atoms with Crippen LogP contribution in [0.2, 0.25) is 0 Å². The van der Waals surface area contributed by atoms with Crippen LogP contribution in [0.5, 0.6) is 0 Å². The van der Waals surface area contributed by atoms with Crippen LogP contribution in [-0.4, -0.2) is 35.2 Å². The summed E-state index contributed by atoms with van der Waals surface area (Å²) in [5.41, 5.74) is -0.0781. The average Bonchev–Trinajstić information content (AvgIpc) is 2.72. The van der Waals surface area contributed by atoms with Gasteiger partial charge in [-0.3, -0.25) is 4.90 Å². The second-order valence-corrected chi connectivity index (χ2v) is 3.95. The second-order valence-electron chi connectivity index (χ2n) is 3.95. The molecule has 1 N–H and O–H groups in total. The predicted molar refractivity (Wildman–Crippen MR) is 53.5 cm³/mol. The molecule has 2 heteroatoms. The maximum Gasteiger partial charge on any atom is 0.0662 e. The minimum Gasteiger partial charge on any atom is -0.394 e. The highest BCUT2D eigenvalue weighted by Crippen LogP contribution is 2.28. The third-order valence-electron chi connectivity index (χ3n) is 3.13. The van der Waals surface area contributed by atoms with Gasteiger partial charge in [0.25, 0.3) is 0 Å². The molecule has 0 bridgehead atoms. The summed E-state index contributed by atoms with van der Waals surface area (Å²) in [6.07, 6.45) is 11.9. The average molecular weight is 179 g/mol. The number of aliphatic hydroxyl groups is 1. The van der Waals surface area contributed by atoms with Crippen LogP contribution in [0.15, 0.2) is 24.3 Å². The Kier molecular flexibility index (Phi) is 2.51. The van der Waals surface area contributed by atoms with Crippen molar-refractivity contribution >= 4 is 0 Å². The first-order chi connectivity index (χ1) is 6.37. The van der Waals surface area contributed by atoms with Crippen LogP contribution in [0.3, 0.4) is 0 Å². The number of hydrogen-bond donors (Lipinski definition) is 1. The van der Waals surface area contributed by atoms with Crippen molar-refractivity contribution in [2.75, 3.05) is 19.7 Å². The van der Waals surface area contributed by atoms with Gasteiger partial charge in [0.05, 0.1) is 12.1 Å². The van der Waals surface area contributed by atoms with Crippen LogP contribution in [0.25, 0.3) is 0 Å². The molecule has 72 valence electrons. The molecular weight excluding hydrogens is 162 g/mol. The van der Waals surface area contributed by atoms with E-state index in [1.165, 1.54) is 12.8 Å². The molecule has 2 rings (SSSR count). The number of aliphatic hydroxyl groups excluding tert-OH is 1. The number of rotatable bonds is 2. The third-order valence-corrected chi connectivity index (χ3v) is 3.13. The molecule has 0 radical (unpaired) electrons. The van der Waals surface area contributed by atoms with Gasteiger partial charge in [-0.05, 0) is 32.4 Å². The zero-order valence-corrected chi connectivity index (χ0v) is 7.95. The molecule has 13 heavy (non-hydrogen) atoms. The Bertz CT molecular complexity index is 228. The van der Waals surface area contributed by atoms with Crippen molar-refractivity contribution in [3.05, 3.63) is 24.3 Å². The molecule has 0 aromatic rings. The van der Waals surface area contributed by atoms with Crippen molar-refractivity contribution in [3.63, 3.8) is 0 Å². The summed E-state index contributed by atoms with van der Waals surface area (Å²) >= 11 is 0. The lowest BCUT2D eigenvalue weighted by molar-refractivity contribution is 0.0871. The molecule has 1 heterocycles. The summed E-state index contributed by atoms with van der Waals surface area (Å²) in [7, 11) is 0. The second kappa shape index (κ2) is 3.64. The number of likely N-dealkylation sites (tertiary alicyclic amines) is 1. The smallest absolute Gasteiger partial charge is 0.0662 e. The summed E-state index contributed by atoms with van der Waals surface area (Å²) in [6.45, 7) is 2.52. The summed E-state index contributed by atoms with van der Waals surface area (Å²) in [6, 6.07) is 0. The van der Waals surface area contributed by atoms with Gasteiger partial charge in [-0.25, -0.2) is 0 Å². The molecular formula is C11H17NO. The van der Waals surface area contributed by atoms with Crippen molar-refractivity contribution in [2.24, 2.45) is 0 Å². The van der Waals surface area contributed by atoms with Crippen molar-refractivity contribution in [1.82, 2.24) is 4.90 Å². The highest BCUT2D eigenvalue weighted by Gasteiger charge is 2.34. The topological polar surface area (TPSA) is 23.5 Å². The minimum absolute atomic E-state index is 0.0781. The first-order valence-corrected chi connectivity index (χ1v) is 5.08. The maximum atomic E-state index is 9.48. The monoisotopic (exact) mass is 179 g/mol. The van der Waals surface area contributed by atoms with Gasteiger partial charge < -0.3 is 5.11 Å². The SMILES string of the molecule is OCC1(N2CCCC2)C=CC=CC1. The van der Waals surface area contributed by atoms with Gasteiger partial charge >= 0.3 is 0 Å². The van der Waals surface area contributed by atoms with Crippen molar-refractivity contribution in [1.29, 1.82) is 0 Å². The van der Waals surface area contributed by atoms with E-state index in [1.54, 1.807) is 0 Å². The van der Waals surface area contributed by atoms with Crippen LogP contribution >= 0.6 is 0 Å². The van der Waals surface area contributed by atoms with Crippen LogP contribution in [0.4, 0.5) is 0 Å². The lowest BCUT2D eigenvalue weighted by Gasteiger charge is -2.38. The third kappa shape index (κ3) is 1.56. The summed E-state index contributed by atoms with van der Waals surface area (Å²) in [5, 5.41) is 9.48. The lowest BCUT2D eigenvalue weighted by atomic mass is 9.90. The normalized spacial score (nSPS) is 34.2. The van der Waals surface area contributed by atoms with E-state index in [4.69, 9.17) is 0 Å². The zero-order valence-electron chi connectivity index (χ0n) is 7.95. The Labute approximate surface area is 79.6 Å². The fourth-order valence-corrected chi connectivity index (χ4v) is 2.27. The van der Waals surface area contributed by atoms with E-state index in [2.05, 4.69) is 29.2 Å². The van der Waals surface area contributed by atoms with Gasteiger partial charge in [0.2, 0.25) is 0 Å². The van der Waals surface area contributed by atoms with E-state index in [-0.39, 0.29) is 12.1 Å². The number of nitrogens with zero attached hydrogens (tertiary/aromatic N) is 1. The number of hydrogen-bond acceptors (Lipinski definition) is 2. The van der Waals surface area contributed by atoms with Crippen molar-refractivity contribution in [3.8, 4) is 0 Å². The molecule has 1 saturated heterocycles. The first-order valence-electron chi connectivity index (χ1n) is 5.08. The summed E-state index contributed by atoms with van der Waals surface area (Å²) in [4.78, 5) is 2.41. The van der Waals surface area contributed by atoms with Crippen LogP contribution in [0.1, 0.15) is 19.3 Å².